The SMILES string of the molecule is OCc1cccc(Oc2ccc(Br)c(F)c2)n1. The van der Waals surface area contributed by atoms with Crippen LogP contribution < -0.4 is 4.74 Å². The molecule has 1 aromatic heterocycles. The van der Waals surface area contributed by atoms with Gasteiger partial charge in [0.15, 0.2) is 0 Å². The van der Waals surface area contributed by atoms with Crippen molar-refractivity contribution in [3.8, 4) is 11.6 Å². The van der Waals surface area contributed by atoms with Gasteiger partial charge < -0.3 is 9.84 Å². The number of aliphatic hydroxyl groups is 1. The molecule has 0 amide bonds. The molecule has 0 unspecified atom stereocenters. The molecule has 0 aliphatic rings. The van der Waals surface area contributed by atoms with Crippen LogP contribution in [0.25, 0.3) is 0 Å². The Morgan fingerprint density at radius 2 is 2.12 bits per heavy atom. The molecular formula is C12H9BrFNO2. The number of hydrogen-bond donors (Lipinski definition) is 1. The first-order valence-electron chi connectivity index (χ1n) is 4.89. The highest BCUT2D eigenvalue weighted by atomic mass is 79.9. The summed E-state index contributed by atoms with van der Waals surface area (Å²) >= 11 is 3.06. The molecule has 2 aromatic rings. The lowest BCUT2D eigenvalue weighted by molar-refractivity contribution is 0.275. The van der Waals surface area contributed by atoms with Crippen LogP contribution in [0, 0.1) is 5.82 Å². The highest BCUT2D eigenvalue weighted by molar-refractivity contribution is 9.10. The summed E-state index contributed by atoms with van der Waals surface area (Å²) in [7, 11) is 0. The number of halogens is 2. The van der Waals surface area contributed by atoms with E-state index in [9.17, 15) is 4.39 Å². The molecule has 0 aliphatic carbocycles. The van der Waals surface area contributed by atoms with E-state index < -0.39 is 5.82 Å². The second kappa shape index (κ2) is 5.25. The predicted molar refractivity (Wildman–Crippen MR) is 64.3 cm³/mol. The van der Waals surface area contributed by atoms with Gasteiger partial charge in [0.2, 0.25) is 5.88 Å². The summed E-state index contributed by atoms with van der Waals surface area (Å²) in [6, 6.07) is 9.47. The molecule has 1 heterocycles. The smallest absolute Gasteiger partial charge is 0.219 e. The monoisotopic (exact) mass is 297 g/mol. The normalized spacial score (nSPS) is 10.3. The van der Waals surface area contributed by atoms with Crippen LogP contribution in [0.4, 0.5) is 4.39 Å². The first-order valence-corrected chi connectivity index (χ1v) is 5.68. The minimum absolute atomic E-state index is 0.161. The molecule has 3 nitrogen and oxygen atoms in total. The van der Waals surface area contributed by atoms with Crippen molar-refractivity contribution < 1.29 is 14.2 Å². The van der Waals surface area contributed by atoms with E-state index in [1.165, 1.54) is 6.07 Å². The van der Waals surface area contributed by atoms with Crippen molar-refractivity contribution in [2.75, 3.05) is 0 Å². The van der Waals surface area contributed by atoms with Gasteiger partial charge in [0.25, 0.3) is 0 Å². The summed E-state index contributed by atoms with van der Waals surface area (Å²) in [5, 5.41) is 8.92. The van der Waals surface area contributed by atoms with Crippen molar-refractivity contribution in [3.05, 3.63) is 52.4 Å². The lowest BCUT2D eigenvalue weighted by Crippen LogP contribution is -1.93. The first-order chi connectivity index (χ1) is 8.19. The summed E-state index contributed by atoms with van der Waals surface area (Å²) in [5.41, 5.74) is 0.500. The van der Waals surface area contributed by atoms with Crippen LogP contribution in [0.15, 0.2) is 40.9 Å². The van der Waals surface area contributed by atoms with Crippen LogP contribution in [0.2, 0.25) is 0 Å². The van der Waals surface area contributed by atoms with E-state index in [0.717, 1.165) is 0 Å². The van der Waals surface area contributed by atoms with Gasteiger partial charge in [0.1, 0.15) is 11.6 Å². The number of rotatable bonds is 3. The number of aliphatic hydroxyl groups excluding tert-OH is 1. The summed E-state index contributed by atoms with van der Waals surface area (Å²) < 4.78 is 19.0. The number of benzene rings is 1. The Hall–Kier alpha value is -1.46. The standard InChI is InChI=1S/C12H9BrFNO2/c13-10-5-4-9(6-11(10)14)17-12-3-1-2-8(7-16)15-12/h1-6,16H,7H2. The maximum absolute atomic E-state index is 13.2. The number of pyridine rings is 1. The Bertz CT molecular complexity index is 534. The average molecular weight is 298 g/mol. The zero-order valence-electron chi connectivity index (χ0n) is 8.73. The van der Waals surface area contributed by atoms with Crippen LogP contribution in [0.1, 0.15) is 5.69 Å². The van der Waals surface area contributed by atoms with Crippen LogP contribution in [-0.2, 0) is 6.61 Å². The van der Waals surface area contributed by atoms with Crippen molar-refractivity contribution in [3.63, 3.8) is 0 Å². The molecule has 0 aliphatic heterocycles. The summed E-state index contributed by atoms with van der Waals surface area (Å²) in [4.78, 5) is 4.03. The maximum atomic E-state index is 13.2. The third-order valence-electron chi connectivity index (χ3n) is 2.06. The van der Waals surface area contributed by atoms with Gasteiger partial charge in [0, 0.05) is 12.1 Å². The fourth-order valence-corrected chi connectivity index (χ4v) is 1.51. The molecule has 0 atom stereocenters. The number of ether oxygens (including phenoxy) is 1. The van der Waals surface area contributed by atoms with Gasteiger partial charge in [-0.25, -0.2) is 9.37 Å². The average Bonchev–Trinajstić information content (AvgIpc) is 2.34. The first kappa shape index (κ1) is 12.0. The molecule has 2 rings (SSSR count). The van der Waals surface area contributed by atoms with E-state index in [0.29, 0.717) is 21.8 Å². The molecule has 0 spiro atoms. The van der Waals surface area contributed by atoms with Gasteiger partial charge in [-0.2, -0.15) is 0 Å². The Morgan fingerprint density at radius 3 is 2.82 bits per heavy atom. The minimum Gasteiger partial charge on any atom is -0.439 e. The maximum Gasteiger partial charge on any atom is 0.219 e. The van der Waals surface area contributed by atoms with E-state index in [4.69, 9.17) is 9.84 Å². The Morgan fingerprint density at radius 1 is 1.29 bits per heavy atom. The van der Waals surface area contributed by atoms with Gasteiger partial charge in [-0.3, -0.25) is 0 Å². The summed E-state index contributed by atoms with van der Waals surface area (Å²) in [5.74, 6) is 0.271. The van der Waals surface area contributed by atoms with Crippen molar-refractivity contribution in [2.45, 2.75) is 6.61 Å². The molecular weight excluding hydrogens is 289 g/mol. The highest BCUT2D eigenvalue weighted by Gasteiger charge is 2.04. The second-order valence-corrected chi connectivity index (χ2v) is 4.16. The third kappa shape index (κ3) is 3.01. The van der Waals surface area contributed by atoms with Crippen molar-refractivity contribution in [1.82, 2.24) is 4.98 Å². The fourth-order valence-electron chi connectivity index (χ4n) is 1.26. The van der Waals surface area contributed by atoms with Crippen molar-refractivity contribution >= 4 is 15.9 Å². The van der Waals surface area contributed by atoms with Gasteiger partial charge in [0.05, 0.1) is 16.8 Å². The molecule has 17 heavy (non-hydrogen) atoms. The van der Waals surface area contributed by atoms with Gasteiger partial charge in [-0.1, -0.05) is 6.07 Å². The van der Waals surface area contributed by atoms with Gasteiger partial charge in [-0.15, -0.1) is 0 Å². The third-order valence-corrected chi connectivity index (χ3v) is 2.70. The molecule has 1 aromatic carbocycles. The van der Waals surface area contributed by atoms with E-state index in [-0.39, 0.29) is 6.61 Å². The van der Waals surface area contributed by atoms with Crippen LogP contribution in [0.3, 0.4) is 0 Å². The molecule has 0 saturated heterocycles. The topological polar surface area (TPSA) is 42.4 Å². The quantitative estimate of drug-likeness (QED) is 0.945. The number of aromatic nitrogens is 1. The van der Waals surface area contributed by atoms with E-state index >= 15 is 0 Å². The Labute approximate surface area is 106 Å². The molecule has 1 N–H and O–H groups in total. The predicted octanol–water partition coefficient (Wildman–Crippen LogP) is 3.27. The molecule has 5 heteroatoms. The number of nitrogens with zero attached hydrogens (tertiary/aromatic N) is 1. The fraction of sp³-hybridized carbons (Fsp3) is 0.0833. The van der Waals surface area contributed by atoms with Crippen molar-refractivity contribution in [2.24, 2.45) is 0 Å². The zero-order chi connectivity index (χ0) is 12.3. The minimum atomic E-state index is -0.402. The lowest BCUT2D eigenvalue weighted by atomic mass is 10.3. The van der Waals surface area contributed by atoms with Gasteiger partial charge in [-0.05, 0) is 34.1 Å². The molecule has 0 bridgehead atoms. The lowest BCUT2D eigenvalue weighted by Gasteiger charge is -2.06. The van der Waals surface area contributed by atoms with Crippen LogP contribution in [-0.4, -0.2) is 10.1 Å². The second-order valence-electron chi connectivity index (χ2n) is 3.30. The zero-order valence-corrected chi connectivity index (χ0v) is 10.3. The summed E-state index contributed by atoms with van der Waals surface area (Å²) in [6.07, 6.45) is 0. The molecule has 0 radical (unpaired) electrons. The molecule has 0 fully saturated rings. The van der Waals surface area contributed by atoms with Crippen LogP contribution in [0.5, 0.6) is 11.6 Å². The largest absolute Gasteiger partial charge is 0.439 e. The van der Waals surface area contributed by atoms with Gasteiger partial charge >= 0.3 is 0 Å². The highest BCUT2D eigenvalue weighted by Crippen LogP contribution is 2.24. The summed E-state index contributed by atoms with van der Waals surface area (Å²) in [6.45, 7) is -0.161. The Balaban J connectivity index is 2.22. The Kier molecular flexibility index (Phi) is 3.71. The van der Waals surface area contributed by atoms with E-state index in [1.807, 2.05) is 0 Å². The molecule has 0 saturated carbocycles. The molecule has 88 valence electrons. The van der Waals surface area contributed by atoms with E-state index in [2.05, 4.69) is 20.9 Å². The number of hydrogen-bond acceptors (Lipinski definition) is 3. The van der Waals surface area contributed by atoms with E-state index in [1.54, 1.807) is 30.3 Å². The van der Waals surface area contributed by atoms with Crippen molar-refractivity contribution in [1.29, 1.82) is 0 Å². The van der Waals surface area contributed by atoms with Crippen LogP contribution >= 0.6 is 15.9 Å².